The van der Waals surface area contributed by atoms with E-state index in [1.54, 1.807) is 12.1 Å². The zero-order valence-electron chi connectivity index (χ0n) is 9.32. The smallest absolute Gasteiger partial charge is 0.338 e. The number of hydrogen-bond acceptors (Lipinski definition) is 3. The number of nitrogens with one attached hydrogen (secondary N) is 1. The van der Waals surface area contributed by atoms with Crippen LogP contribution >= 0.6 is 0 Å². The second-order valence-corrected chi connectivity index (χ2v) is 4.09. The molecule has 0 saturated carbocycles. The first-order valence-corrected chi connectivity index (χ1v) is 5.83. The summed E-state index contributed by atoms with van der Waals surface area (Å²) in [6, 6.07) is 9.16. The maximum absolute atomic E-state index is 11.8. The third-order valence-corrected chi connectivity index (χ3v) is 2.78. The van der Waals surface area contributed by atoms with Gasteiger partial charge in [-0.15, -0.1) is 0 Å². The number of ether oxygens (including phenoxy) is 1. The van der Waals surface area contributed by atoms with Gasteiger partial charge in [-0.2, -0.15) is 0 Å². The fourth-order valence-electron chi connectivity index (χ4n) is 1.88. The molecule has 16 heavy (non-hydrogen) atoms. The molecule has 3 nitrogen and oxygen atoms in total. The van der Waals surface area contributed by atoms with Crippen molar-refractivity contribution in [3.63, 3.8) is 0 Å². The lowest BCUT2D eigenvalue weighted by Gasteiger charge is -2.15. The van der Waals surface area contributed by atoms with Gasteiger partial charge in [-0.3, -0.25) is 0 Å². The fraction of sp³-hybridized carbons (Fsp3) is 0.462. The highest BCUT2D eigenvalue weighted by Crippen LogP contribution is 2.10. The van der Waals surface area contributed by atoms with Gasteiger partial charge < -0.3 is 10.1 Å². The SMILES string of the molecule is O=C(OC1CCCCNC1)c1ccccc1. The third kappa shape index (κ3) is 3.07. The molecule has 3 heteroatoms. The van der Waals surface area contributed by atoms with Crippen LogP contribution in [0, 0.1) is 0 Å². The van der Waals surface area contributed by atoms with Gasteiger partial charge in [-0.05, 0) is 37.9 Å². The van der Waals surface area contributed by atoms with Crippen LogP contribution in [0.4, 0.5) is 0 Å². The minimum atomic E-state index is -0.214. The maximum Gasteiger partial charge on any atom is 0.338 e. The van der Waals surface area contributed by atoms with Gasteiger partial charge in [0.2, 0.25) is 0 Å². The number of esters is 1. The van der Waals surface area contributed by atoms with Crippen molar-refractivity contribution in [1.29, 1.82) is 0 Å². The van der Waals surface area contributed by atoms with Crippen LogP contribution in [0.2, 0.25) is 0 Å². The minimum Gasteiger partial charge on any atom is -0.457 e. The Kier molecular flexibility index (Phi) is 3.94. The summed E-state index contributed by atoms with van der Waals surface area (Å²) in [5.74, 6) is -0.214. The summed E-state index contributed by atoms with van der Waals surface area (Å²) in [6.45, 7) is 1.80. The Bertz CT molecular complexity index is 329. The van der Waals surface area contributed by atoms with Crippen molar-refractivity contribution in [2.45, 2.75) is 25.4 Å². The summed E-state index contributed by atoms with van der Waals surface area (Å²) < 4.78 is 5.46. The third-order valence-electron chi connectivity index (χ3n) is 2.78. The monoisotopic (exact) mass is 219 g/mol. The van der Waals surface area contributed by atoms with Gasteiger partial charge in [0.05, 0.1) is 5.56 Å². The summed E-state index contributed by atoms with van der Waals surface area (Å²) in [4.78, 5) is 11.8. The molecule has 1 aromatic rings. The molecule has 1 heterocycles. The van der Waals surface area contributed by atoms with Crippen LogP contribution in [0.3, 0.4) is 0 Å². The minimum absolute atomic E-state index is 0.0233. The van der Waals surface area contributed by atoms with E-state index in [0.717, 1.165) is 25.9 Å². The standard InChI is InChI=1S/C13H17NO2/c15-13(11-6-2-1-3-7-11)16-12-8-4-5-9-14-10-12/h1-3,6-7,12,14H,4-5,8-10H2. The number of carbonyl (C=O) groups is 1. The van der Waals surface area contributed by atoms with E-state index in [1.165, 1.54) is 6.42 Å². The van der Waals surface area contributed by atoms with E-state index >= 15 is 0 Å². The molecule has 1 atom stereocenters. The highest BCUT2D eigenvalue weighted by Gasteiger charge is 2.17. The lowest BCUT2D eigenvalue weighted by molar-refractivity contribution is 0.0294. The summed E-state index contributed by atoms with van der Waals surface area (Å²) >= 11 is 0. The Morgan fingerprint density at radius 2 is 2.06 bits per heavy atom. The van der Waals surface area contributed by atoms with Gasteiger partial charge >= 0.3 is 5.97 Å². The average molecular weight is 219 g/mol. The molecule has 1 N–H and O–H groups in total. The summed E-state index contributed by atoms with van der Waals surface area (Å²) in [7, 11) is 0. The van der Waals surface area contributed by atoms with E-state index in [0.29, 0.717) is 5.56 Å². The Labute approximate surface area is 95.8 Å². The molecule has 0 bridgehead atoms. The number of benzene rings is 1. The van der Waals surface area contributed by atoms with Gasteiger partial charge in [0.25, 0.3) is 0 Å². The molecule has 2 rings (SSSR count). The van der Waals surface area contributed by atoms with Gasteiger partial charge in [-0.1, -0.05) is 18.2 Å². The van der Waals surface area contributed by atoms with Crippen molar-refractivity contribution in [3.8, 4) is 0 Å². The van der Waals surface area contributed by atoms with E-state index in [9.17, 15) is 4.79 Å². The molecule has 0 amide bonds. The zero-order chi connectivity index (χ0) is 11.2. The molecular weight excluding hydrogens is 202 g/mol. The van der Waals surface area contributed by atoms with Crippen molar-refractivity contribution in [2.24, 2.45) is 0 Å². The molecule has 1 aliphatic heterocycles. The highest BCUT2D eigenvalue weighted by molar-refractivity contribution is 5.89. The molecular formula is C13H17NO2. The molecule has 0 radical (unpaired) electrons. The predicted octanol–water partition coefficient (Wildman–Crippen LogP) is 1.99. The van der Waals surface area contributed by atoms with Crippen LogP contribution in [0.5, 0.6) is 0 Å². The lowest BCUT2D eigenvalue weighted by atomic mass is 10.2. The van der Waals surface area contributed by atoms with Crippen LogP contribution in [0.25, 0.3) is 0 Å². The maximum atomic E-state index is 11.8. The van der Waals surface area contributed by atoms with E-state index in [-0.39, 0.29) is 12.1 Å². The van der Waals surface area contributed by atoms with Crippen LogP contribution in [-0.2, 0) is 4.74 Å². The largest absolute Gasteiger partial charge is 0.457 e. The summed E-state index contributed by atoms with van der Waals surface area (Å²) in [6.07, 6.45) is 3.28. The predicted molar refractivity (Wildman–Crippen MR) is 62.4 cm³/mol. The molecule has 0 aliphatic carbocycles. The molecule has 1 fully saturated rings. The van der Waals surface area contributed by atoms with E-state index in [2.05, 4.69) is 5.32 Å². The van der Waals surface area contributed by atoms with Crippen LogP contribution in [0.15, 0.2) is 30.3 Å². The van der Waals surface area contributed by atoms with Crippen molar-refractivity contribution in [1.82, 2.24) is 5.32 Å². The first kappa shape index (κ1) is 11.1. The second kappa shape index (κ2) is 5.66. The van der Waals surface area contributed by atoms with Crippen LogP contribution in [0.1, 0.15) is 29.6 Å². The molecule has 1 aliphatic rings. The first-order chi connectivity index (χ1) is 7.86. The molecule has 1 saturated heterocycles. The number of carbonyl (C=O) groups excluding carboxylic acids is 1. The Hall–Kier alpha value is -1.35. The van der Waals surface area contributed by atoms with Crippen molar-refractivity contribution < 1.29 is 9.53 Å². The number of hydrogen-bond donors (Lipinski definition) is 1. The Morgan fingerprint density at radius 3 is 2.88 bits per heavy atom. The van der Waals surface area contributed by atoms with Gasteiger partial charge in [0.1, 0.15) is 6.10 Å². The fourth-order valence-corrected chi connectivity index (χ4v) is 1.88. The van der Waals surface area contributed by atoms with Gasteiger partial charge in [-0.25, -0.2) is 4.79 Å². The van der Waals surface area contributed by atoms with E-state index in [4.69, 9.17) is 4.74 Å². The zero-order valence-corrected chi connectivity index (χ0v) is 9.32. The van der Waals surface area contributed by atoms with Crippen molar-refractivity contribution in [2.75, 3.05) is 13.1 Å². The van der Waals surface area contributed by atoms with Crippen molar-refractivity contribution >= 4 is 5.97 Å². The average Bonchev–Trinajstić information content (AvgIpc) is 2.59. The lowest BCUT2D eigenvalue weighted by Crippen LogP contribution is -2.29. The number of rotatable bonds is 2. The Morgan fingerprint density at radius 1 is 1.25 bits per heavy atom. The second-order valence-electron chi connectivity index (χ2n) is 4.09. The Balaban J connectivity index is 1.91. The van der Waals surface area contributed by atoms with Gasteiger partial charge in [0.15, 0.2) is 0 Å². The topological polar surface area (TPSA) is 38.3 Å². The normalized spacial score (nSPS) is 21.1. The molecule has 0 aromatic heterocycles. The van der Waals surface area contributed by atoms with E-state index in [1.807, 2.05) is 18.2 Å². The van der Waals surface area contributed by atoms with Crippen molar-refractivity contribution in [3.05, 3.63) is 35.9 Å². The quantitative estimate of drug-likeness (QED) is 0.773. The summed E-state index contributed by atoms with van der Waals surface area (Å²) in [5, 5.41) is 3.28. The molecule has 0 spiro atoms. The van der Waals surface area contributed by atoms with E-state index < -0.39 is 0 Å². The molecule has 1 unspecified atom stereocenters. The summed E-state index contributed by atoms with van der Waals surface area (Å²) in [5.41, 5.74) is 0.631. The van der Waals surface area contributed by atoms with Gasteiger partial charge in [0, 0.05) is 6.54 Å². The first-order valence-electron chi connectivity index (χ1n) is 5.83. The molecule has 86 valence electrons. The molecule has 1 aromatic carbocycles. The van der Waals surface area contributed by atoms with Crippen LogP contribution in [-0.4, -0.2) is 25.2 Å². The highest BCUT2D eigenvalue weighted by atomic mass is 16.5. The van der Waals surface area contributed by atoms with Crippen LogP contribution < -0.4 is 5.32 Å².